The van der Waals surface area contributed by atoms with E-state index in [4.69, 9.17) is 4.74 Å². The molecular formula is C14H20O2. The molecule has 1 aromatic carbocycles. The van der Waals surface area contributed by atoms with Gasteiger partial charge in [0.1, 0.15) is 0 Å². The molecule has 2 rings (SSSR count). The summed E-state index contributed by atoms with van der Waals surface area (Å²) in [7, 11) is 0. The van der Waals surface area contributed by atoms with Crippen molar-refractivity contribution in [2.75, 3.05) is 19.8 Å². The second-order valence-electron chi connectivity index (χ2n) is 4.60. The van der Waals surface area contributed by atoms with E-state index in [1.165, 1.54) is 11.1 Å². The van der Waals surface area contributed by atoms with Gasteiger partial charge < -0.3 is 9.84 Å². The number of aryl methyl sites for hydroxylation is 1. The Morgan fingerprint density at radius 1 is 1.31 bits per heavy atom. The number of aliphatic hydroxyl groups is 1. The molecule has 1 aliphatic heterocycles. The average molecular weight is 220 g/mol. The molecular weight excluding hydrogens is 200 g/mol. The van der Waals surface area contributed by atoms with Crippen molar-refractivity contribution < 1.29 is 9.84 Å². The van der Waals surface area contributed by atoms with Crippen LogP contribution in [-0.2, 0) is 4.74 Å². The van der Waals surface area contributed by atoms with Crippen molar-refractivity contribution in [3.05, 3.63) is 35.4 Å². The minimum absolute atomic E-state index is 0.246. The predicted molar refractivity (Wildman–Crippen MR) is 64.5 cm³/mol. The van der Waals surface area contributed by atoms with Crippen LogP contribution in [0.15, 0.2) is 24.3 Å². The molecule has 0 amide bonds. The van der Waals surface area contributed by atoms with Gasteiger partial charge in [0.05, 0.1) is 6.61 Å². The fourth-order valence-corrected chi connectivity index (χ4v) is 2.62. The van der Waals surface area contributed by atoms with Gasteiger partial charge in [-0.15, -0.1) is 0 Å². The van der Waals surface area contributed by atoms with Crippen LogP contribution in [0.25, 0.3) is 0 Å². The van der Waals surface area contributed by atoms with E-state index in [2.05, 4.69) is 31.2 Å². The zero-order chi connectivity index (χ0) is 11.4. The van der Waals surface area contributed by atoms with Crippen molar-refractivity contribution in [1.82, 2.24) is 0 Å². The summed E-state index contributed by atoms with van der Waals surface area (Å²) >= 11 is 0. The van der Waals surface area contributed by atoms with Gasteiger partial charge >= 0.3 is 0 Å². The largest absolute Gasteiger partial charge is 0.396 e. The van der Waals surface area contributed by atoms with E-state index >= 15 is 0 Å². The summed E-state index contributed by atoms with van der Waals surface area (Å²) in [6.45, 7) is 4.05. The topological polar surface area (TPSA) is 29.5 Å². The minimum atomic E-state index is 0.246. The van der Waals surface area contributed by atoms with Crippen molar-refractivity contribution in [3.8, 4) is 0 Å². The molecule has 1 fully saturated rings. The molecule has 16 heavy (non-hydrogen) atoms. The van der Waals surface area contributed by atoms with Gasteiger partial charge in [-0.1, -0.05) is 24.3 Å². The lowest BCUT2D eigenvalue weighted by Crippen LogP contribution is -2.24. The van der Waals surface area contributed by atoms with E-state index < -0.39 is 0 Å². The normalized spacial score (nSPS) is 19.6. The maximum atomic E-state index is 9.62. The van der Waals surface area contributed by atoms with E-state index in [1.54, 1.807) is 0 Å². The van der Waals surface area contributed by atoms with Gasteiger partial charge in [-0.05, 0) is 36.8 Å². The Kier molecular flexibility index (Phi) is 3.97. The van der Waals surface area contributed by atoms with E-state index in [-0.39, 0.29) is 12.5 Å². The lowest BCUT2D eigenvalue weighted by molar-refractivity contribution is 0.0492. The molecule has 1 aliphatic rings. The van der Waals surface area contributed by atoms with Gasteiger partial charge in [0, 0.05) is 19.1 Å². The van der Waals surface area contributed by atoms with E-state index in [0.29, 0.717) is 5.92 Å². The SMILES string of the molecule is Cc1ccccc1C(CO)C1CCOCC1. The molecule has 2 heteroatoms. The summed E-state index contributed by atoms with van der Waals surface area (Å²) in [5.74, 6) is 0.852. The van der Waals surface area contributed by atoms with Crippen LogP contribution in [0.1, 0.15) is 29.9 Å². The average Bonchev–Trinajstić information content (AvgIpc) is 2.34. The molecule has 0 spiro atoms. The molecule has 1 saturated heterocycles. The Labute approximate surface area is 97.3 Å². The van der Waals surface area contributed by atoms with E-state index in [0.717, 1.165) is 26.1 Å². The van der Waals surface area contributed by atoms with Crippen molar-refractivity contribution in [2.24, 2.45) is 5.92 Å². The fourth-order valence-electron chi connectivity index (χ4n) is 2.62. The number of hydrogen-bond acceptors (Lipinski definition) is 2. The molecule has 1 heterocycles. The molecule has 0 aliphatic carbocycles. The molecule has 1 atom stereocenters. The Hall–Kier alpha value is -0.860. The zero-order valence-corrected chi connectivity index (χ0v) is 9.86. The van der Waals surface area contributed by atoms with Gasteiger partial charge in [-0.25, -0.2) is 0 Å². The third-order valence-corrected chi connectivity index (χ3v) is 3.62. The highest BCUT2D eigenvalue weighted by atomic mass is 16.5. The van der Waals surface area contributed by atoms with Crippen LogP contribution in [-0.4, -0.2) is 24.9 Å². The van der Waals surface area contributed by atoms with Gasteiger partial charge in [0.15, 0.2) is 0 Å². The fraction of sp³-hybridized carbons (Fsp3) is 0.571. The molecule has 0 saturated carbocycles. The summed E-state index contributed by atoms with van der Waals surface area (Å²) in [4.78, 5) is 0. The lowest BCUT2D eigenvalue weighted by atomic mass is 9.80. The van der Waals surface area contributed by atoms with E-state index in [1.807, 2.05) is 0 Å². The Morgan fingerprint density at radius 2 is 2.00 bits per heavy atom. The van der Waals surface area contributed by atoms with Crippen LogP contribution < -0.4 is 0 Å². The first-order valence-corrected chi connectivity index (χ1v) is 6.07. The summed E-state index contributed by atoms with van der Waals surface area (Å²) < 4.78 is 5.38. The standard InChI is InChI=1S/C14H20O2/c1-11-4-2-3-5-13(11)14(10-15)12-6-8-16-9-7-12/h2-5,12,14-15H,6-10H2,1H3. The Morgan fingerprint density at radius 3 is 2.62 bits per heavy atom. The first-order valence-electron chi connectivity index (χ1n) is 6.07. The summed E-state index contributed by atoms with van der Waals surface area (Å²) in [5, 5.41) is 9.62. The maximum Gasteiger partial charge on any atom is 0.0502 e. The summed E-state index contributed by atoms with van der Waals surface area (Å²) in [5.41, 5.74) is 2.59. The van der Waals surface area contributed by atoms with Gasteiger partial charge in [-0.2, -0.15) is 0 Å². The molecule has 0 aromatic heterocycles. The molecule has 1 unspecified atom stereocenters. The highest BCUT2D eigenvalue weighted by Gasteiger charge is 2.25. The van der Waals surface area contributed by atoms with Crippen molar-refractivity contribution >= 4 is 0 Å². The lowest BCUT2D eigenvalue weighted by Gasteiger charge is -2.30. The van der Waals surface area contributed by atoms with Crippen molar-refractivity contribution in [2.45, 2.75) is 25.7 Å². The van der Waals surface area contributed by atoms with Gasteiger partial charge in [0.2, 0.25) is 0 Å². The number of ether oxygens (including phenoxy) is 1. The second kappa shape index (κ2) is 5.46. The monoisotopic (exact) mass is 220 g/mol. The van der Waals surface area contributed by atoms with Crippen molar-refractivity contribution in [3.63, 3.8) is 0 Å². The molecule has 2 nitrogen and oxygen atoms in total. The maximum absolute atomic E-state index is 9.62. The molecule has 88 valence electrons. The molecule has 0 radical (unpaired) electrons. The van der Waals surface area contributed by atoms with Crippen LogP contribution in [0.5, 0.6) is 0 Å². The number of benzene rings is 1. The number of rotatable bonds is 3. The minimum Gasteiger partial charge on any atom is -0.396 e. The molecule has 1 aromatic rings. The predicted octanol–water partition coefficient (Wildman–Crippen LogP) is 2.50. The third kappa shape index (κ3) is 2.45. The summed E-state index contributed by atoms with van der Waals surface area (Å²) in [6.07, 6.45) is 2.14. The molecule has 1 N–H and O–H groups in total. The van der Waals surface area contributed by atoms with Gasteiger partial charge in [0.25, 0.3) is 0 Å². The van der Waals surface area contributed by atoms with Crippen LogP contribution in [0.2, 0.25) is 0 Å². The third-order valence-electron chi connectivity index (χ3n) is 3.62. The smallest absolute Gasteiger partial charge is 0.0502 e. The number of aliphatic hydroxyl groups excluding tert-OH is 1. The summed E-state index contributed by atoms with van der Waals surface area (Å²) in [6, 6.07) is 8.38. The Bertz CT molecular complexity index is 329. The first-order chi connectivity index (χ1) is 7.83. The van der Waals surface area contributed by atoms with Crippen LogP contribution in [0.3, 0.4) is 0 Å². The van der Waals surface area contributed by atoms with Crippen LogP contribution in [0, 0.1) is 12.8 Å². The van der Waals surface area contributed by atoms with E-state index in [9.17, 15) is 5.11 Å². The zero-order valence-electron chi connectivity index (χ0n) is 9.86. The van der Waals surface area contributed by atoms with Gasteiger partial charge in [-0.3, -0.25) is 0 Å². The van der Waals surface area contributed by atoms with Crippen molar-refractivity contribution in [1.29, 1.82) is 0 Å². The molecule has 0 bridgehead atoms. The second-order valence-corrected chi connectivity index (χ2v) is 4.60. The first kappa shape index (κ1) is 11.6. The highest BCUT2D eigenvalue weighted by Crippen LogP contribution is 2.33. The highest BCUT2D eigenvalue weighted by molar-refractivity contribution is 5.29. The Balaban J connectivity index is 2.18. The van der Waals surface area contributed by atoms with Crippen LogP contribution in [0.4, 0.5) is 0 Å². The number of hydrogen-bond donors (Lipinski definition) is 1. The van der Waals surface area contributed by atoms with Crippen LogP contribution >= 0.6 is 0 Å². The quantitative estimate of drug-likeness (QED) is 0.848.